The van der Waals surface area contributed by atoms with Crippen molar-refractivity contribution >= 4 is 5.57 Å². The first-order valence-corrected chi connectivity index (χ1v) is 4.69. The molecule has 3 nitrogen and oxygen atoms in total. The Morgan fingerprint density at radius 1 is 1.27 bits per heavy atom. The molecule has 76 valence electrons. The van der Waals surface area contributed by atoms with Gasteiger partial charge in [-0.05, 0) is 11.6 Å². The van der Waals surface area contributed by atoms with Crippen LogP contribution >= 0.6 is 0 Å². The van der Waals surface area contributed by atoms with Crippen LogP contribution in [0.4, 0.5) is 0 Å². The third-order valence-corrected chi connectivity index (χ3v) is 2.09. The summed E-state index contributed by atoms with van der Waals surface area (Å²) in [6.45, 7) is -0.0168. The van der Waals surface area contributed by atoms with Crippen LogP contribution in [-0.2, 0) is 0 Å². The Kier molecular flexibility index (Phi) is 2.95. The van der Waals surface area contributed by atoms with Crippen molar-refractivity contribution < 1.29 is 9.63 Å². The summed E-state index contributed by atoms with van der Waals surface area (Å²) in [5, 5.41) is 12.8. The number of hydrogen-bond acceptors (Lipinski definition) is 3. The van der Waals surface area contributed by atoms with Gasteiger partial charge in [0.15, 0.2) is 0 Å². The Balaban J connectivity index is 2.42. The molecule has 1 N–H and O–H groups in total. The normalized spacial score (nSPS) is 11.7. The van der Waals surface area contributed by atoms with Crippen LogP contribution in [0.25, 0.3) is 5.57 Å². The van der Waals surface area contributed by atoms with Crippen molar-refractivity contribution in [1.29, 1.82) is 0 Å². The van der Waals surface area contributed by atoms with E-state index in [1.807, 2.05) is 30.3 Å². The summed E-state index contributed by atoms with van der Waals surface area (Å²) < 4.78 is 4.79. The monoisotopic (exact) mass is 201 g/mol. The number of aromatic nitrogens is 1. The third-order valence-electron chi connectivity index (χ3n) is 2.09. The molecular formula is C12H11NO2. The number of benzene rings is 1. The minimum absolute atomic E-state index is 0.0168. The van der Waals surface area contributed by atoms with Gasteiger partial charge in [-0.15, -0.1) is 0 Å². The summed E-state index contributed by atoms with van der Waals surface area (Å²) >= 11 is 0. The van der Waals surface area contributed by atoms with Crippen LogP contribution in [-0.4, -0.2) is 16.9 Å². The Hall–Kier alpha value is -1.87. The molecule has 0 unspecified atom stereocenters. The lowest BCUT2D eigenvalue weighted by Gasteiger charge is -2.02. The van der Waals surface area contributed by atoms with Crippen LogP contribution in [0.3, 0.4) is 0 Å². The maximum Gasteiger partial charge on any atom is 0.124 e. The average Bonchev–Trinajstić information content (AvgIpc) is 2.80. The van der Waals surface area contributed by atoms with Crippen LogP contribution in [0.5, 0.6) is 0 Å². The van der Waals surface area contributed by atoms with Gasteiger partial charge in [-0.25, -0.2) is 0 Å². The Morgan fingerprint density at radius 2 is 2.07 bits per heavy atom. The number of aliphatic hydroxyl groups excluding tert-OH is 1. The van der Waals surface area contributed by atoms with E-state index in [4.69, 9.17) is 9.63 Å². The molecule has 0 amide bonds. The highest BCUT2D eigenvalue weighted by Gasteiger charge is 2.06. The molecule has 0 aliphatic rings. The van der Waals surface area contributed by atoms with Crippen molar-refractivity contribution in [3.8, 4) is 0 Å². The smallest absolute Gasteiger partial charge is 0.124 e. The summed E-state index contributed by atoms with van der Waals surface area (Å²) in [5.41, 5.74) is 2.63. The van der Waals surface area contributed by atoms with Gasteiger partial charge in [-0.3, -0.25) is 0 Å². The van der Waals surface area contributed by atoms with E-state index in [1.54, 1.807) is 12.1 Å². The zero-order chi connectivity index (χ0) is 10.5. The van der Waals surface area contributed by atoms with E-state index in [2.05, 4.69) is 5.16 Å². The molecule has 0 aliphatic carbocycles. The lowest BCUT2D eigenvalue weighted by Crippen LogP contribution is -1.89. The fraction of sp³-hybridized carbons (Fsp3) is 0.0833. The molecule has 0 aliphatic heterocycles. The topological polar surface area (TPSA) is 46.3 Å². The van der Waals surface area contributed by atoms with Gasteiger partial charge >= 0.3 is 0 Å². The summed E-state index contributed by atoms with van der Waals surface area (Å²) in [6.07, 6.45) is 3.23. The van der Waals surface area contributed by atoms with Gasteiger partial charge < -0.3 is 9.63 Å². The van der Waals surface area contributed by atoms with Gasteiger partial charge in [0.1, 0.15) is 12.0 Å². The molecule has 1 aromatic carbocycles. The van der Waals surface area contributed by atoms with E-state index in [-0.39, 0.29) is 6.61 Å². The molecule has 0 saturated heterocycles. The van der Waals surface area contributed by atoms with E-state index >= 15 is 0 Å². The molecule has 0 fully saturated rings. The van der Waals surface area contributed by atoms with E-state index in [1.165, 1.54) is 6.26 Å². The van der Waals surface area contributed by atoms with E-state index < -0.39 is 0 Å². The first kappa shape index (κ1) is 9.68. The zero-order valence-corrected chi connectivity index (χ0v) is 8.13. The van der Waals surface area contributed by atoms with Crippen molar-refractivity contribution in [2.45, 2.75) is 0 Å². The summed E-state index contributed by atoms with van der Waals surface area (Å²) in [6, 6.07) is 11.5. The second-order valence-electron chi connectivity index (χ2n) is 3.05. The third kappa shape index (κ3) is 2.14. The van der Waals surface area contributed by atoms with Crippen LogP contribution in [0.2, 0.25) is 0 Å². The lowest BCUT2D eigenvalue weighted by molar-refractivity contribution is 0.343. The maximum absolute atomic E-state index is 8.96. The number of nitrogens with zero attached hydrogens (tertiary/aromatic N) is 1. The molecule has 0 atom stereocenters. The van der Waals surface area contributed by atoms with Gasteiger partial charge in [0.25, 0.3) is 0 Å². The van der Waals surface area contributed by atoms with Crippen LogP contribution in [0.1, 0.15) is 11.3 Å². The van der Waals surface area contributed by atoms with Gasteiger partial charge in [-0.1, -0.05) is 35.5 Å². The molecule has 1 heterocycles. The predicted octanol–water partition coefficient (Wildman–Crippen LogP) is 2.10. The average molecular weight is 201 g/mol. The highest BCUT2D eigenvalue weighted by molar-refractivity contribution is 5.77. The van der Waals surface area contributed by atoms with Crippen molar-refractivity contribution in [1.82, 2.24) is 5.16 Å². The van der Waals surface area contributed by atoms with Crippen LogP contribution in [0, 0.1) is 0 Å². The molecular weight excluding hydrogens is 190 g/mol. The van der Waals surface area contributed by atoms with Crippen LogP contribution in [0.15, 0.2) is 53.3 Å². The summed E-state index contributed by atoms with van der Waals surface area (Å²) in [7, 11) is 0. The Bertz CT molecular complexity index is 432. The molecule has 3 heteroatoms. The lowest BCUT2D eigenvalue weighted by atomic mass is 10.0. The molecule has 1 aromatic heterocycles. The number of hydrogen-bond donors (Lipinski definition) is 1. The van der Waals surface area contributed by atoms with Gasteiger partial charge in [0.05, 0.1) is 6.61 Å². The fourth-order valence-corrected chi connectivity index (χ4v) is 1.43. The maximum atomic E-state index is 8.96. The molecule has 15 heavy (non-hydrogen) atoms. The van der Waals surface area contributed by atoms with E-state index in [0.717, 1.165) is 16.8 Å². The highest BCUT2D eigenvalue weighted by atomic mass is 16.5. The van der Waals surface area contributed by atoms with Crippen molar-refractivity contribution in [2.24, 2.45) is 0 Å². The number of aliphatic hydroxyl groups is 1. The van der Waals surface area contributed by atoms with Gasteiger partial charge in [-0.2, -0.15) is 0 Å². The minimum Gasteiger partial charge on any atom is -0.392 e. The summed E-state index contributed by atoms with van der Waals surface area (Å²) in [5.74, 6) is 0. The quantitative estimate of drug-likeness (QED) is 0.827. The second kappa shape index (κ2) is 4.57. The second-order valence-corrected chi connectivity index (χ2v) is 3.05. The first-order valence-electron chi connectivity index (χ1n) is 4.69. The van der Waals surface area contributed by atoms with E-state index in [0.29, 0.717) is 0 Å². The Morgan fingerprint density at radius 3 is 2.67 bits per heavy atom. The van der Waals surface area contributed by atoms with Crippen molar-refractivity contribution in [3.05, 3.63) is 60.0 Å². The number of rotatable bonds is 3. The molecule has 0 saturated carbocycles. The van der Waals surface area contributed by atoms with Crippen molar-refractivity contribution in [2.75, 3.05) is 6.61 Å². The fourth-order valence-electron chi connectivity index (χ4n) is 1.43. The van der Waals surface area contributed by atoms with Crippen LogP contribution < -0.4 is 0 Å². The SMILES string of the molecule is OCC=C(c1ccccc1)c1ccon1. The summed E-state index contributed by atoms with van der Waals surface area (Å²) in [4.78, 5) is 0. The molecule has 2 rings (SSSR count). The largest absolute Gasteiger partial charge is 0.392 e. The first-order chi connectivity index (χ1) is 7.42. The molecule has 0 radical (unpaired) electrons. The minimum atomic E-state index is -0.0168. The molecule has 0 bridgehead atoms. The standard InChI is InChI=1S/C12H11NO2/c14-8-6-11(12-7-9-15-13-12)10-4-2-1-3-5-10/h1-7,9,14H,8H2. The molecule has 2 aromatic rings. The predicted molar refractivity (Wildman–Crippen MR) is 57.1 cm³/mol. The van der Waals surface area contributed by atoms with Gasteiger partial charge in [0, 0.05) is 11.6 Å². The Labute approximate surface area is 87.7 Å². The zero-order valence-electron chi connectivity index (χ0n) is 8.13. The molecule has 0 spiro atoms. The highest BCUT2D eigenvalue weighted by Crippen LogP contribution is 2.21. The van der Waals surface area contributed by atoms with E-state index in [9.17, 15) is 0 Å². The van der Waals surface area contributed by atoms with Gasteiger partial charge in [0.2, 0.25) is 0 Å². The van der Waals surface area contributed by atoms with Crippen molar-refractivity contribution in [3.63, 3.8) is 0 Å².